The number of hydrogen-bond acceptors (Lipinski definition) is 0. The Hall–Kier alpha value is -1.30. The zero-order chi connectivity index (χ0) is 10.5. The minimum atomic E-state index is 0.863. The monoisotopic (exact) mass is 208 g/mol. The molecule has 0 bridgehead atoms. The van der Waals surface area contributed by atoms with Gasteiger partial charge in [0.2, 0.25) is 0 Å². The summed E-state index contributed by atoms with van der Waals surface area (Å²) in [7, 11) is 0. The van der Waals surface area contributed by atoms with E-state index in [1.807, 2.05) is 0 Å². The third kappa shape index (κ3) is 1.05. The van der Waals surface area contributed by atoms with E-state index in [0.717, 1.165) is 5.92 Å². The Morgan fingerprint density at radius 1 is 0.875 bits per heavy atom. The lowest BCUT2D eigenvalue weighted by atomic mass is 9.73. The van der Waals surface area contributed by atoms with Gasteiger partial charge in [-0.1, -0.05) is 30.3 Å². The molecule has 4 rings (SSSR count). The number of benzene rings is 2. The standard InChI is InChI=1S/C16H16/c1-3-11-7-9-13-5-2-6-14-10-8-12(4-1)15(11)16(13)14/h1,3-4,7,9,14H,2,5-6,8,10H2/t14-/m0/s1. The molecule has 0 saturated carbocycles. The van der Waals surface area contributed by atoms with Crippen molar-refractivity contribution in [2.45, 2.75) is 38.0 Å². The molecule has 0 aliphatic heterocycles. The molecule has 0 N–H and O–H groups in total. The van der Waals surface area contributed by atoms with E-state index in [1.165, 1.54) is 37.5 Å². The maximum Gasteiger partial charge on any atom is -0.0114 e. The van der Waals surface area contributed by atoms with Crippen LogP contribution in [0.1, 0.15) is 41.9 Å². The van der Waals surface area contributed by atoms with Gasteiger partial charge in [0, 0.05) is 0 Å². The van der Waals surface area contributed by atoms with Crippen LogP contribution in [0.4, 0.5) is 0 Å². The van der Waals surface area contributed by atoms with Crippen molar-refractivity contribution >= 4 is 10.8 Å². The molecule has 0 fully saturated rings. The lowest BCUT2D eigenvalue weighted by Crippen LogP contribution is -2.15. The SMILES string of the molecule is c1cc2c3c4c(ccc3c1)CCC[C@H]4CC2. The maximum absolute atomic E-state index is 2.37. The lowest BCUT2D eigenvalue weighted by Gasteiger charge is -2.31. The second-order valence-electron chi connectivity index (χ2n) is 5.28. The van der Waals surface area contributed by atoms with Crippen LogP contribution in [0.2, 0.25) is 0 Å². The lowest BCUT2D eigenvalue weighted by molar-refractivity contribution is 0.516. The molecule has 0 amide bonds. The van der Waals surface area contributed by atoms with Gasteiger partial charge in [-0.2, -0.15) is 0 Å². The van der Waals surface area contributed by atoms with Crippen LogP contribution in [0.5, 0.6) is 0 Å². The fourth-order valence-electron chi connectivity index (χ4n) is 3.72. The summed E-state index contributed by atoms with van der Waals surface area (Å²) < 4.78 is 0. The van der Waals surface area contributed by atoms with Gasteiger partial charge in [0.15, 0.2) is 0 Å². The van der Waals surface area contributed by atoms with Crippen LogP contribution in [0.3, 0.4) is 0 Å². The molecule has 0 radical (unpaired) electrons. The molecule has 2 aromatic carbocycles. The van der Waals surface area contributed by atoms with Crippen LogP contribution in [-0.4, -0.2) is 0 Å². The normalized spacial score (nSPS) is 22.4. The number of hydrogen-bond donors (Lipinski definition) is 0. The first kappa shape index (κ1) is 8.81. The van der Waals surface area contributed by atoms with Gasteiger partial charge in [0.05, 0.1) is 0 Å². The van der Waals surface area contributed by atoms with Crippen molar-refractivity contribution in [3.05, 3.63) is 47.0 Å². The zero-order valence-electron chi connectivity index (χ0n) is 9.50. The van der Waals surface area contributed by atoms with Gasteiger partial charge in [0.25, 0.3) is 0 Å². The topological polar surface area (TPSA) is 0 Å². The Morgan fingerprint density at radius 3 is 2.88 bits per heavy atom. The van der Waals surface area contributed by atoms with Crippen molar-refractivity contribution in [3.63, 3.8) is 0 Å². The molecule has 2 aliphatic carbocycles. The summed E-state index contributed by atoms with van der Waals surface area (Å²) in [6.07, 6.45) is 6.78. The Balaban J connectivity index is 2.17. The van der Waals surface area contributed by atoms with Crippen molar-refractivity contribution in [3.8, 4) is 0 Å². The van der Waals surface area contributed by atoms with Crippen LogP contribution < -0.4 is 0 Å². The fourth-order valence-corrected chi connectivity index (χ4v) is 3.72. The molecule has 1 atom stereocenters. The van der Waals surface area contributed by atoms with Gasteiger partial charge in [-0.05, 0) is 65.5 Å². The third-order valence-electron chi connectivity index (χ3n) is 4.43. The summed E-state index contributed by atoms with van der Waals surface area (Å²) in [5.41, 5.74) is 4.94. The zero-order valence-corrected chi connectivity index (χ0v) is 9.50. The van der Waals surface area contributed by atoms with Crippen molar-refractivity contribution in [2.24, 2.45) is 0 Å². The van der Waals surface area contributed by atoms with E-state index >= 15 is 0 Å². The molecular weight excluding hydrogens is 192 g/mol. The van der Waals surface area contributed by atoms with Crippen molar-refractivity contribution < 1.29 is 0 Å². The van der Waals surface area contributed by atoms with Crippen LogP contribution in [-0.2, 0) is 12.8 Å². The maximum atomic E-state index is 2.37. The van der Waals surface area contributed by atoms with Gasteiger partial charge >= 0.3 is 0 Å². The Morgan fingerprint density at radius 2 is 1.88 bits per heavy atom. The summed E-state index contributed by atoms with van der Waals surface area (Å²) >= 11 is 0. The van der Waals surface area contributed by atoms with Crippen molar-refractivity contribution in [1.82, 2.24) is 0 Å². The first-order chi connectivity index (χ1) is 7.93. The van der Waals surface area contributed by atoms with E-state index in [2.05, 4.69) is 30.3 Å². The second-order valence-corrected chi connectivity index (χ2v) is 5.28. The first-order valence-electron chi connectivity index (χ1n) is 6.47. The molecular formula is C16H16. The number of aryl methyl sites for hydroxylation is 2. The predicted octanol–water partition coefficient (Wildman–Crippen LogP) is 4.21. The smallest absolute Gasteiger partial charge is 0.0114 e. The highest BCUT2D eigenvalue weighted by Crippen LogP contribution is 2.43. The molecule has 0 unspecified atom stereocenters. The summed E-state index contributed by atoms with van der Waals surface area (Å²) in [5.74, 6) is 0.863. The minimum absolute atomic E-state index is 0.863. The van der Waals surface area contributed by atoms with Crippen molar-refractivity contribution in [1.29, 1.82) is 0 Å². The molecule has 2 aromatic rings. The summed E-state index contributed by atoms with van der Waals surface area (Å²) in [6, 6.07) is 11.5. The van der Waals surface area contributed by atoms with E-state index in [0.29, 0.717) is 0 Å². The molecule has 2 aliphatic rings. The Bertz CT molecular complexity index is 566. The Kier molecular flexibility index (Phi) is 1.71. The third-order valence-corrected chi connectivity index (χ3v) is 4.43. The molecule has 16 heavy (non-hydrogen) atoms. The molecule has 0 saturated heterocycles. The van der Waals surface area contributed by atoms with Gasteiger partial charge < -0.3 is 0 Å². The highest BCUT2D eigenvalue weighted by molar-refractivity contribution is 5.91. The van der Waals surface area contributed by atoms with Gasteiger partial charge in [-0.15, -0.1) is 0 Å². The highest BCUT2D eigenvalue weighted by atomic mass is 14.3. The molecule has 0 heterocycles. The van der Waals surface area contributed by atoms with E-state index < -0.39 is 0 Å². The molecule has 0 heteroatoms. The van der Waals surface area contributed by atoms with Gasteiger partial charge in [-0.25, -0.2) is 0 Å². The van der Waals surface area contributed by atoms with Crippen LogP contribution in [0.15, 0.2) is 30.3 Å². The minimum Gasteiger partial charge on any atom is -0.0614 e. The first-order valence-corrected chi connectivity index (χ1v) is 6.47. The Labute approximate surface area is 96.3 Å². The quantitative estimate of drug-likeness (QED) is 0.608. The molecule has 0 spiro atoms. The van der Waals surface area contributed by atoms with E-state index in [4.69, 9.17) is 0 Å². The van der Waals surface area contributed by atoms with Crippen LogP contribution >= 0.6 is 0 Å². The van der Waals surface area contributed by atoms with E-state index in [1.54, 1.807) is 22.1 Å². The molecule has 80 valence electrons. The van der Waals surface area contributed by atoms with E-state index in [-0.39, 0.29) is 0 Å². The largest absolute Gasteiger partial charge is 0.0614 e. The average Bonchev–Trinajstić information content (AvgIpc) is 2.36. The highest BCUT2D eigenvalue weighted by Gasteiger charge is 2.26. The van der Waals surface area contributed by atoms with E-state index in [9.17, 15) is 0 Å². The van der Waals surface area contributed by atoms with Crippen LogP contribution in [0, 0.1) is 0 Å². The van der Waals surface area contributed by atoms with Gasteiger partial charge in [-0.3, -0.25) is 0 Å². The molecule has 0 aromatic heterocycles. The van der Waals surface area contributed by atoms with Gasteiger partial charge in [0.1, 0.15) is 0 Å². The second kappa shape index (κ2) is 3.10. The summed E-state index contributed by atoms with van der Waals surface area (Å²) in [6.45, 7) is 0. The summed E-state index contributed by atoms with van der Waals surface area (Å²) in [5, 5.41) is 3.07. The fraction of sp³-hybridized carbons (Fsp3) is 0.375. The predicted molar refractivity (Wildman–Crippen MR) is 67.9 cm³/mol. The molecule has 0 nitrogen and oxygen atoms in total. The van der Waals surface area contributed by atoms with Crippen LogP contribution in [0.25, 0.3) is 10.8 Å². The van der Waals surface area contributed by atoms with Crippen molar-refractivity contribution in [2.75, 3.05) is 0 Å². The summed E-state index contributed by atoms with van der Waals surface area (Å²) in [4.78, 5) is 0. The number of rotatable bonds is 0. The average molecular weight is 208 g/mol.